The van der Waals surface area contributed by atoms with E-state index in [1.165, 1.54) is 0 Å². The second-order valence-corrected chi connectivity index (χ2v) is 2.51. The molecule has 1 atom stereocenters. The van der Waals surface area contributed by atoms with Crippen LogP contribution in [-0.4, -0.2) is 17.7 Å². The van der Waals surface area contributed by atoms with Crippen LogP contribution in [0, 0.1) is 0 Å². The maximum atomic E-state index is 5.41. The van der Waals surface area contributed by atoms with E-state index in [1.54, 1.807) is 6.26 Å². The van der Waals surface area contributed by atoms with Crippen molar-refractivity contribution in [2.45, 2.75) is 19.5 Å². The molecule has 0 aliphatic carbocycles. The standard InChI is InChI=1S/C7H13N3O/c1-6(4-8)9-5-7-2-3-11-10-7/h2-3,6,9H,4-5,8H2,1H3/t6-/m0/s1. The third-order valence-corrected chi connectivity index (χ3v) is 1.48. The number of nitrogens with two attached hydrogens (primary N) is 1. The summed E-state index contributed by atoms with van der Waals surface area (Å²) < 4.78 is 4.66. The minimum atomic E-state index is 0.326. The lowest BCUT2D eigenvalue weighted by molar-refractivity contribution is 0.405. The van der Waals surface area contributed by atoms with Crippen LogP contribution in [0.1, 0.15) is 12.6 Å². The summed E-state index contributed by atoms with van der Waals surface area (Å²) in [6.45, 7) is 3.38. The summed E-state index contributed by atoms with van der Waals surface area (Å²) in [6.07, 6.45) is 1.56. The van der Waals surface area contributed by atoms with Crippen LogP contribution in [0.25, 0.3) is 0 Å². The van der Waals surface area contributed by atoms with Crippen molar-refractivity contribution >= 4 is 0 Å². The molecule has 1 aromatic rings. The summed E-state index contributed by atoms with van der Waals surface area (Å²) in [5, 5.41) is 6.93. The Morgan fingerprint density at radius 3 is 3.18 bits per heavy atom. The first-order valence-electron chi connectivity index (χ1n) is 3.65. The molecule has 62 valence electrons. The molecular formula is C7H13N3O. The fourth-order valence-corrected chi connectivity index (χ4v) is 0.691. The molecule has 1 rings (SSSR count). The molecular weight excluding hydrogens is 142 g/mol. The van der Waals surface area contributed by atoms with Crippen LogP contribution in [0.2, 0.25) is 0 Å². The largest absolute Gasteiger partial charge is 0.364 e. The molecule has 0 unspecified atom stereocenters. The van der Waals surface area contributed by atoms with Crippen molar-refractivity contribution in [3.63, 3.8) is 0 Å². The summed E-state index contributed by atoms with van der Waals surface area (Å²) in [5.41, 5.74) is 6.31. The van der Waals surface area contributed by atoms with Gasteiger partial charge in [0.05, 0.1) is 5.69 Å². The molecule has 0 amide bonds. The first-order chi connectivity index (χ1) is 5.33. The molecule has 0 aliphatic rings. The number of hydrogen-bond donors (Lipinski definition) is 2. The lowest BCUT2D eigenvalue weighted by atomic mass is 10.3. The maximum absolute atomic E-state index is 5.41. The van der Waals surface area contributed by atoms with Crippen molar-refractivity contribution in [1.29, 1.82) is 0 Å². The quantitative estimate of drug-likeness (QED) is 0.647. The monoisotopic (exact) mass is 155 g/mol. The van der Waals surface area contributed by atoms with Gasteiger partial charge < -0.3 is 15.6 Å². The smallest absolute Gasteiger partial charge is 0.124 e. The molecule has 1 aromatic heterocycles. The topological polar surface area (TPSA) is 64.1 Å². The highest BCUT2D eigenvalue weighted by Gasteiger charge is 1.99. The van der Waals surface area contributed by atoms with Gasteiger partial charge in [0.25, 0.3) is 0 Å². The predicted octanol–water partition coefficient (Wildman–Crippen LogP) is 0.111. The SMILES string of the molecule is C[C@@H](CN)NCc1ccon1. The normalized spacial score (nSPS) is 13.3. The molecule has 1 heterocycles. The van der Waals surface area contributed by atoms with E-state index in [2.05, 4.69) is 15.0 Å². The fraction of sp³-hybridized carbons (Fsp3) is 0.571. The molecule has 3 N–H and O–H groups in total. The Kier molecular flexibility index (Phi) is 3.07. The summed E-state index contributed by atoms with van der Waals surface area (Å²) in [4.78, 5) is 0. The van der Waals surface area contributed by atoms with Crippen LogP contribution in [0.4, 0.5) is 0 Å². The van der Waals surface area contributed by atoms with Gasteiger partial charge in [-0.05, 0) is 6.92 Å². The van der Waals surface area contributed by atoms with Crippen LogP contribution < -0.4 is 11.1 Å². The van der Waals surface area contributed by atoms with E-state index >= 15 is 0 Å². The third-order valence-electron chi connectivity index (χ3n) is 1.48. The molecule has 0 aromatic carbocycles. The first kappa shape index (κ1) is 8.23. The average Bonchev–Trinajstić information content (AvgIpc) is 2.52. The lowest BCUT2D eigenvalue weighted by Crippen LogP contribution is -2.32. The molecule has 0 spiro atoms. The van der Waals surface area contributed by atoms with Gasteiger partial charge >= 0.3 is 0 Å². The van der Waals surface area contributed by atoms with Crippen molar-refractivity contribution in [2.24, 2.45) is 5.73 Å². The third kappa shape index (κ3) is 2.69. The zero-order valence-electron chi connectivity index (χ0n) is 6.58. The van der Waals surface area contributed by atoms with Gasteiger partial charge in [0.15, 0.2) is 0 Å². The van der Waals surface area contributed by atoms with Crippen LogP contribution in [0.3, 0.4) is 0 Å². The summed E-state index contributed by atoms with van der Waals surface area (Å²) >= 11 is 0. The van der Waals surface area contributed by atoms with E-state index in [1.807, 2.05) is 13.0 Å². The van der Waals surface area contributed by atoms with Gasteiger partial charge in [-0.15, -0.1) is 0 Å². The van der Waals surface area contributed by atoms with Gasteiger partial charge in [-0.1, -0.05) is 5.16 Å². The van der Waals surface area contributed by atoms with Gasteiger partial charge in [0.1, 0.15) is 6.26 Å². The molecule has 4 heteroatoms. The van der Waals surface area contributed by atoms with Gasteiger partial charge in [-0.25, -0.2) is 0 Å². The maximum Gasteiger partial charge on any atom is 0.124 e. The van der Waals surface area contributed by atoms with Crippen LogP contribution in [0.5, 0.6) is 0 Å². The highest BCUT2D eigenvalue weighted by Crippen LogP contribution is 1.93. The van der Waals surface area contributed by atoms with Crippen LogP contribution >= 0.6 is 0 Å². The van der Waals surface area contributed by atoms with Crippen LogP contribution in [0.15, 0.2) is 16.9 Å². The number of nitrogens with one attached hydrogen (secondary N) is 1. The Morgan fingerprint density at radius 1 is 1.82 bits per heavy atom. The zero-order chi connectivity index (χ0) is 8.10. The number of hydrogen-bond acceptors (Lipinski definition) is 4. The minimum absolute atomic E-state index is 0.326. The van der Waals surface area contributed by atoms with E-state index in [9.17, 15) is 0 Å². The Balaban J connectivity index is 2.23. The van der Waals surface area contributed by atoms with Gasteiger partial charge in [-0.3, -0.25) is 0 Å². The Hall–Kier alpha value is -0.870. The van der Waals surface area contributed by atoms with Crippen molar-refractivity contribution in [1.82, 2.24) is 10.5 Å². The highest BCUT2D eigenvalue weighted by atomic mass is 16.5. The Labute approximate surface area is 65.7 Å². The van der Waals surface area contributed by atoms with E-state index in [0.29, 0.717) is 12.6 Å². The molecule has 0 aliphatic heterocycles. The van der Waals surface area contributed by atoms with Gasteiger partial charge in [-0.2, -0.15) is 0 Å². The molecule has 4 nitrogen and oxygen atoms in total. The van der Waals surface area contributed by atoms with E-state index in [0.717, 1.165) is 12.2 Å². The second-order valence-electron chi connectivity index (χ2n) is 2.51. The molecule has 0 saturated carbocycles. The summed E-state index contributed by atoms with van der Waals surface area (Å²) in [7, 11) is 0. The van der Waals surface area contributed by atoms with Crippen molar-refractivity contribution in [3.05, 3.63) is 18.0 Å². The van der Waals surface area contributed by atoms with E-state index in [4.69, 9.17) is 5.73 Å². The summed E-state index contributed by atoms with van der Waals surface area (Å²) in [6, 6.07) is 2.16. The number of nitrogens with zero attached hydrogens (tertiary/aromatic N) is 1. The number of aromatic nitrogens is 1. The minimum Gasteiger partial charge on any atom is -0.364 e. The number of rotatable bonds is 4. The highest BCUT2D eigenvalue weighted by molar-refractivity contribution is 4.94. The second kappa shape index (κ2) is 4.10. The van der Waals surface area contributed by atoms with Gasteiger partial charge in [0.2, 0.25) is 0 Å². The molecule has 0 fully saturated rings. The zero-order valence-corrected chi connectivity index (χ0v) is 6.58. The Bertz CT molecular complexity index is 186. The fourth-order valence-electron chi connectivity index (χ4n) is 0.691. The molecule has 0 bridgehead atoms. The predicted molar refractivity (Wildman–Crippen MR) is 41.9 cm³/mol. The first-order valence-corrected chi connectivity index (χ1v) is 3.65. The lowest BCUT2D eigenvalue weighted by Gasteiger charge is -2.08. The van der Waals surface area contributed by atoms with E-state index in [-0.39, 0.29) is 0 Å². The van der Waals surface area contributed by atoms with Crippen molar-refractivity contribution in [3.8, 4) is 0 Å². The van der Waals surface area contributed by atoms with Crippen LogP contribution in [-0.2, 0) is 6.54 Å². The van der Waals surface area contributed by atoms with Crippen molar-refractivity contribution < 1.29 is 4.52 Å². The van der Waals surface area contributed by atoms with E-state index < -0.39 is 0 Å². The van der Waals surface area contributed by atoms with Gasteiger partial charge in [0, 0.05) is 25.2 Å². The molecule has 11 heavy (non-hydrogen) atoms. The molecule has 0 saturated heterocycles. The Morgan fingerprint density at radius 2 is 2.64 bits per heavy atom. The van der Waals surface area contributed by atoms with Crippen molar-refractivity contribution in [2.75, 3.05) is 6.54 Å². The molecule has 0 radical (unpaired) electrons. The summed E-state index contributed by atoms with van der Waals surface area (Å²) in [5.74, 6) is 0. The average molecular weight is 155 g/mol.